The molecule has 1 atom stereocenters. The molecule has 1 amide bonds. The van der Waals surface area contributed by atoms with Crippen LogP contribution in [0.25, 0.3) is 11.0 Å². The van der Waals surface area contributed by atoms with Crippen molar-refractivity contribution in [2.75, 3.05) is 39.4 Å². The molecule has 1 fully saturated rings. The van der Waals surface area contributed by atoms with Gasteiger partial charge in [-0.2, -0.15) is 0 Å². The van der Waals surface area contributed by atoms with Crippen LogP contribution < -0.4 is 5.43 Å². The van der Waals surface area contributed by atoms with Crippen molar-refractivity contribution in [2.24, 2.45) is 0 Å². The number of amides is 1. The zero-order valence-corrected chi connectivity index (χ0v) is 19.5. The number of benzene rings is 2. The summed E-state index contributed by atoms with van der Waals surface area (Å²) in [4.78, 5) is 31.5. The first-order chi connectivity index (χ1) is 15.9. The summed E-state index contributed by atoms with van der Waals surface area (Å²) in [5, 5.41) is 0.569. The van der Waals surface area contributed by atoms with Crippen LogP contribution in [0.1, 0.15) is 50.8 Å². The van der Waals surface area contributed by atoms with Gasteiger partial charge >= 0.3 is 0 Å². The average molecular weight is 447 g/mol. The van der Waals surface area contributed by atoms with Gasteiger partial charge in [0.2, 0.25) is 5.76 Å². The summed E-state index contributed by atoms with van der Waals surface area (Å²) in [5.74, 6) is -0.00911. The Labute approximate surface area is 193 Å². The molecule has 1 aromatic heterocycles. The summed E-state index contributed by atoms with van der Waals surface area (Å²) in [6, 6.07) is 11.5. The van der Waals surface area contributed by atoms with Gasteiger partial charge < -0.3 is 14.1 Å². The summed E-state index contributed by atoms with van der Waals surface area (Å²) >= 11 is 0. The first kappa shape index (κ1) is 21.9. The molecule has 0 radical (unpaired) electrons. The standard InChI is InChI=1S/C27H30N2O4/c1-17-5-7-20(8-6-17)24-23-25(30)22-19(3)15-18(2)16-21(22)33-26(23)27(31)29(24)10-4-9-28-11-13-32-14-12-28/h5-8,15-16,24H,4,9-14H2,1-3H3/t24-/m0/s1. The molecule has 0 N–H and O–H groups in total. The molecule has 3 heterocycles. The number of hydrogen-bond acceptors (Lipinski definition) is 5. The maximum Gasteiger partial charge on any atom is 0.290 e. The Bertz CT molecular complexity index is 1260. The maximum absolute atomic E-state index is 13.8. The van der Waals surface area contributed by atoms with Crippen LogP contribution in [0, 0.1) is 20.8 Å². The maximum atomic E-state index is 13.8. The molecule has 0 saturated carbocycles. The van der Waals surface area contributed by atoms with E-state index in [1.54, 1.807) is 0 Å². The van der Waals surface area contributed by atoms with E-state index in [0.29, 0.717) is 23.1 Å². The Kier molecular flexibility index (Phi) is 5.81. The zero-order valence-electron chi connectivity index (χ0n) is 19.5. The van der Waals surface area contributed by atoms with Crippen molar-refractivity contribution in [3.63, 3.8) is 0 Å². The van der Waals surface area contributed by atoms with Crippen molar-refractivity contribution in [1.29, 1.82) is 0 Å². The summed E-state index contributed by atoms with van der Waals surface area (Å²) in [5.41, 5.74) is 4.82. The number of carbonyl (C=O) groups is 1. The van der Waals surface area contributed by atoms with Crippen LogP contribution >= 0.6 is 0 Å². The van der Waals surface area contributed by atoms with Crippen LogP contribution in [-0.4, -0.2) is 55.1 Å². The van der Waals surface area contributed by atoms with Gasteiger partial charge in [0.15, 0.2) is 5.43 Å². The van der Waals surface area contributed by atoms with Gasteiger partial charge in [0.25, 0.3) is 5.91 Å². The highest BCUT2D eigenvalue weighted by Gasteiger charge is 2.42. The second kappa shape index (κ2) is 8.76. The molecule has 6 nitrogen and oxygen atoms in total. The molecule has 0 aliphatic carbocycles. The third-order valence-electron chi connectivity index (χ3n) is 6.78. The monoisotopic (exact) mass is 446 g/mol. The molecule has 5 rings (SSSR count). The number of fused-ring (bicyclic) bond motifs is 2. The summed E-state index contributed by atoms with van der Waals surface area (Å²) in [7, 11) is 0. The van der Waals surface area contributed by atoms with Crippen LogP contribution in [0.5, 0.6) is 0 Å². The molecule has 0 unspecified atom stereocenters. The van der Waals surface area contributed by atoms with Gasteiger partial charge in [-0.15, -0.1) is 0 Å². The number of rotatable bonds is 5. The lowest BCUT2D eigenvalue weighted by molar-refractivity contribution is 0.0353. The highest BCUT2D eigenvalue weighted by Crippen LogP contribution is 2.38. The Morgan fingerprint density at radius 1 is 0.939 bits per heavy atom. The summed E-state index contributed by atoms with van der Waals surface area (Å²) in [6.07, 6.45) is 0.827. The highest BCUT2D eigenvalue weighted by molar-refractivity contribution is 5.99. The molecule has 3 aromatic rings. The first-order valence-corrected chi connectivity index (χ1v) is 11.7. The van der Waals surface area contributed by atoms with E-state index in [-0.39, 0.29) is 17.1 Å². The predicted molar refractivity (Wildman–Crippen MR) is 128 cm³/mol. The molecule has 33 heavy (non-hydrogen) atoms. The Morgan fingerprint density at radius 2 is 1.67 bits per heavy atom. The number of nitrogens with zero attached hydrogens (tertiary/aromatic N) is 2. The second-order valence-corrected chi connectivity index (χ2v) is 9.25. The molecule has 6 heteroatoms. The molecular formula is C27H30N2O4. The number of hydrogen-bond donors (Lipinski definition) is 0. The summed E-state index contributed by atoms with van der Waals surface area (Å²) in [6.45, 7) is 10.7. The largest absolute Gasteiger partial charge is 0.450 e. The lowest BCUT2D eigenvalue weighted by atomic mass is 9.96. The van der Waals surface area contributed by atoms with Gasteiger partial charge in [-0.1, -0.05) is 35.9 Å². The number of ether oxygens (including phenoxy) is 1. The van der Waals surface area contributed by atoms with E-state index < -0.39 is 6.04 Å². The Morgan fingerprint density at radius 3 is 2.39 bits per heavy atom. The van der Waals surface area contributed by atoms with Crippen LogP contribution in [0.2, 0.25) is 0 Å². The van der Waals surface area contributed by atoms with Crippen LogP contribution in [-0.2, 0) is 4.74 Å². The zero-order chi connectivity index (χ0) is 23.1. The molecular weight excluding hydrogens is 416 g/mol. The van der Waals surface area contributed by atoms with Crippen molar-refractivity contribution in [1.82, 2.24) is 9.80 Å². The van der Waals surface area contributed by atoms with Crippen molar-refractivity contribution >= 4 is 16.9 Å². The van der Waals surface area contributed by atoms with Gasteiger partial charge in [-0.3, -0.25) is 14.5 Å². The minimum Gasteiger partial charge on any atom is -0.450 e. The van der Waals surface area contributed by atoms with E-state index in [1.165, 1.54) is 0 Å². The van der Waals surface area contributed by atoms with Crippen LogP contribution in [0.4, 0.5) is 0 Å². The van der Waals surface area contributed by atoms with Crippen LogP contribution in [0.3, 0.4) is 0 Å². The van der Waals surface area contributed by atoms with E-state index in [1.807, 2.05) is 62.1 Å². The third kappa shape index (κ3) is 3.98. The van der Waals surface area contributed by atoms with E-state index in [9.17, 15) is 9.59 Å². The SMILES string of the molecule is Cc1ccc([C@H]2c3c(oc4cc(C)cc(C)c4c3=O)C(=O)N2CCCN2CCOCC2)cc1. The van der Waals surface area contributed by atoms with Gasteiger partial charge in [0.1, 0.15) is 5.58 Å². The Balaban J connectivity index is 1.56. The van der Waals surface area contributed by atoms with E-state index >= 15 is 0 Å². The fourth-order valence-corrected chi connectivity index (χ4v) is 5.13. The summed E-state index contributed by atoms with van der Waals surface area (Å²) < 4.78 is 11.6. The molecule has 2 aliphatic rings. The Hall–Kier alpha value is -2.96. The topological polar surface area (TPSA) is 63.0 Å². The molecule has 0 spiro atoms. The first-order valence-electron chi connectivity index (χ1n) is 11.7. The smallest absolute Gasteiger partial charge is 0.290 e. The number of carbonyl (C=O) groups excluding carboxylic acids is 1. The molecule has 2 aliphatic heterocycles. The fourth-order valence-electron chi connectivity index (χ4n) is 5.13. The predicted octanol–water partition coefficient (Wildman–Crippen LogP) is 3.99. The van der Waals surface area contributed by atoms with E-state index in [4.69, 9.17) is 9.15 Å². The van der Waals surface area contributed by atoms with Gasteiger partial charge in [-0.25, -0.2) is 0 Å². The number of morpholine rings is 1. The van der Waals surface area contributed by atoms with E-state index in [2.05, 4.69) is 4.90 Å². The minimum absolute atomic E-state index is 0.0987. The van der Waals surface area contributed by atoms with Gasteiger partial charge in [0.05, 0.1) is 30.2 Å². The van der Waals surface area contributed by atoms with Crippen molar-refractivity contribution in [3.05, 3.63) is 80.2 Å². The van der Waals surface area contributed by atoms with Gasteiger partial charge in [0, 0.05) is 26.2 Å². The van der Waals surface area contributed by atoms with E-state index in [0.717, 1.165) is 61.5 Å². The van der Waals surface area contributed by atoms with Crippen molar-refractivity contribution in [3.8, 4) is 0 Å². The number of aryl methyl sites for hydroxylation is 3. The lowest BCUT2D eigenvalue weighted by Crippen LogP contribution is -2.38. The van der Waals surface area contributed by atoms with Crippen molar-refractivity contribution in [2.45, 2.75) is 33.2 Å². The molecule has 0 bridgehead atoms. The highest BCUT2D eigenvalue weighted by atomic mass is 16.5. The third-order valence-corrected chi connectivity index (χ3v) is 6.78. The minimum atomic E-state index is -0.431. The molecule has 2 aromatic carbocycles. The van der Waals surface area contributed by atoms with Gasteiger partial charge in [-0.05, 0) is 49.9 Å². The normalized spacial score (nSPS) is 18.8. The van der Waals surface area contributed by atoms with Crippen molar-refractivity contribution < 1.29 is 13.9 Å². The van der Waals surface area contributed by atoms with Crippen LogP contribution in [0.15, 0.2) is 45.6 Å². The fraction of sp³-hybridized carbons (Fsp3) is 0.407. The quantitative estimate of drug-likeness (QED) is 0.593. The molecule has 172 valence electrons. The molecule has 1 saturated heterocycles. The second-order valence-electron chi connectivity index (χ2n) is 9.25. The average Bonchev–Trinajstić information content (AvgIpc) is 3.07. The lowest BCUT2D eigenvalue weighted by Gasteiger charge is -2.29.